The molecule has 0 bridgehead atoms. The Kier molecular flexibility index (Phi) is 3.84. The van der Waals surface area contributed by atoms with Crippen LogP contribution in [-0.4, -0.2) is 22.1 Å². The third-order valence-corrected chi connectivity index (χ3v) is 1.96. The molecule has 0 aromatic carbocycles. The molecular formula is C9H14N4O. The van der Waals surface area contributed by atoms with Crippen molar-refractivity contribution >= 4 is 12.1 Å². The maximum atomic E-state index is 11.3. The number of hydrogen-bond donors (Lipinski definition) is 2. The van der Waals surface area contributed by atoms with Gasteiger partial charge in [-0.15, -0.1) is 0 Å². The second-order valence-corrected chi connectivity index (χ2v) is 3.05. The van der Waals surface area contributed by atoms with E-state index in [2.05, 4.69) is 20.5 Å². The van der Waals surface area contributed by atoms with E-state index < -0.39 is 0 Å². The molecule has 1 atom stereocenters. The smallest absolute Gasteiger partial charge is 0.242 e. The minimum absolute atomic E-state index is 0.00563. The van der Waals surface area contributed by atoms with Crippen molar-refractivity contribution in [3.8, 4) is 0 Å². The zero-order chi connectivity index (χ0) is 10.4. The third-order valence-electron chi connectivity index (χ3n) is 1.96. The first-order valence-corrected chi connectivity index (χ1v) is 4.55. The molecule has 1 rings (SSSR count). The highest BCUT2D eigenvalue weighted by molar-refractivity contribution is 5.81. The van der Waals surface area contributed by atoms with E-state index in [1.807, 2.05) is 13.8 Å². The summed E-state index contributed by atoms with van der Waals surface area (Å²) in [5, 5.41) is 3.79. The maximum absolute atomic E-state index is 11.3. The quantitative estimate of drug-likeness (QED) is 0.552. The van der Waals surface area contributed by atoms with Crippen molar-refractivity contribution in [2.75, 3.05) is 0 Å². The average molecular weight is 194 g/mol. The van der Waals surface area contributed by atoms with Gasteiger partial charge in [0.1, 0.15) is 0 Å². The van der Waals surface area contributed by atoms with Gasteiger partial charge in [-0.2, -0.15) is 5.10 Å². The number of hydrogen-bond acceptors (Lipinski definition) is 3. The molecule has 0 saturated carbocycles. The Balaban J connectivity index is 2.37. The van der Waals surface area contributed by atoms with Gasteiger partial charge < -0.3 is 4.98 Å². The lowest BCUT2D eigenvalue weighted by Gasteiger charge is -2.04. The summed E-state index contributed by atoms with van der Waals surface area (Å²) in [6.45, 7) is 3.82. The van der Waals surface area contributed by atoms with Crippen molar-refractivity contribution in [3.05, 3.63) is 18.2 Å². The number of aromatic nitrogens is 2. The van der Waals surface area contributed by atoms with Crippen molar-refractivity contribution in [1.29, 1.82) is 0 Å². The fourth-order valence-corrected chi connectivity index (χ4v) is 0.798. The molecule has 0 fully saturated rings. The monoisotopic (exact) mass is 194 g/mol. The van der Waals surface area contributed by atoms with Crippen LogP contribution in [0.4, 0.5) is 0 Å². The van der Waals surface area contributed by atoms with E-state index >= 15 is 0 Å². The molecule has 14 heavy (non-hydrogen) atoms. The van der Waals surface area contributed by atoms with Crippen LogP contribution in [-0.2, 0) is 4.79 Å². The Bertz CT molecular complexity index is 305. The molecule has 0 spiro atoms. The molecule has 0 aliphatic heterocycles. The van der Waals surface area contributed by atoms with Crippen LogP contribution < -0.4 is 5.43 Å². The Hall–Kier alpha value is -1.65. The zero-order valence-corrected chi connectivity index (χ0v) is 8.32. The summed E-state index contributed by atoms with van der Waals surface area (Å²) in [5.41, 5.74) is 3.21. The lowest BCUT2D eigenvalue weighted by Crippen LogP contribution is -2.24. The number of aromatic amines is 1. The van der Waals surface area contributed by atoms with Crippen LogP contribution in [0.15, 0.2) is 17.6 Å². The molecular weight excluding hydrogens is 180 g/mol. The van der Waals surface area contributed by atoms with Crippen LogP contribution >= 0.6 is 0 Å². The number of amides is 1. The van der Waals surface area contributed by atoms with Crippen molar-refractivity contribution < 1.29 is 4.79 Å². The van der Waals surface area contributed by atoms with Gasteiger partial charge in [-0.05, 0) is 6.42 Å². The van der Waals surface area contributed by atoms with Crippen LogP contribution in [0.2, 0.25) is 0 Å². The van der Waals surface area contributed by atoms with Gasteiger partial charge in [0.25, 0.3) is 0 Å². The molecule has 76 valence electrons. The van der Waals surface area contributed by atoms with E-state index in [-0.39, 0.29) is 11.8 Å². The van der Waals surface area contributed by atoms with E-state index in [1.165, 1.54) is 6.21 Å². The normalized spacial score (nSPS) is 13.0. The van der Waals surface area contributed by atoms with Crippen molar-refractivity contribution in [3.63, 3.8) is 0 Å². The highest BCUT2D eigenvalue weighted by atomic mass is 16.2. The van der Waals surface area contributed by atoms with Crippen LogP contribution in [0.25, 0.3) is 0 Å². The SMILES string of the molecule is CCC(C)C(=O)N/N=C/c1cnc[nH]1. The highest BCUT2D eigenvalue weighted by Gasteiger charge is 2.07. The second kappa shape index (κ2) is 5.16. The number of rotatable bonds is 4. The van der Waals surface area contributed by atoms with Gasteiger partial charge in [-0.1, -0.05) is 13.8 Å². The summed E-state index contributed by atoms with van der Waals surface area (Å²) in [4.78, 5) is 17.9. The fraction of sp³-hybridized carbons (Fsp3) is 0.444. The molecule has 0 aliphatic carbocycles. The predicted molar refractivity (Wildman–Crippen MR) is 53.8 cm³/mol. The maximum Gasteiger partial charge on any atom is 0.242 e. The minimum Gasteiger partial charge on any atom is -0.344 e. The Morgan fingerprint density at radius 2 is 2.64 bits per heavy atom. The van der Waals surface area contributed by atoms with Crippen LogP contribution in [0.3, 0.4) is 0 Å². The molecule has 0 radical (unpaired) electrons. The predicted octanol–water partition coefficient (Wildman–Crippen LogP) is 0.906. The molecule has 1 amide bonds. The molecule has 1 aromatic heterocycles. The number of nitrogens with one attached hydrogen (secondary N) is 2. The van der Waals surface area contributed by atoms with Gasteiger partial charge in [0, 0.05) is 5.92 Å². The van der Waals surface area contributed by atoms with Crippen molar-refractivity contribution in [2.24, 2.45) is 11.0 Å². The van der Waals surface area contributed by atoms with E-state index in [0.29, 0.717) is 0 Å². The summed E-state index contributed by atoms with van der Waals surface area (Å²) in [7, 11) is 0. The number of imidazole rings is 1. The zero-order valence-electron chi connectivity index (χ0n) is 8.32. The Morgan fingerprint density at radius 3 is 3.21 bits per heavy atom. The summed E-state index contributed by atoms with van der Waals surface area (Å²) in [6.07, 6.45) is 5.51. The Morgan fingerprint density at radius 1 is 1.86 bits per heavy atom. The topological polar surface area (TPSA) is 70.1 Å². The van der Waals surface area contributed by atoms with E-state index in [4.69, 9.17) is 0 Å². The van der Waals surface area contributed by atoms with Gasteiger partial charge in [-0.3, -0.25) is 4.79 Å². The van der Waals surface area contributed by atoms with Crippen molar-refractivity contribution in [2.45, 2.75) is 20.3 Å². The number of nitrogens with zero attached hydrogens (tertiary/aromatic N) is 2. The Labute approximate surface area is 82.6 Å². The molecule has 0 saturated heterocycles. The number of H-pyrrole nitrogens is 1. The van der Waals surface area contributed by atoms with E-state index in [9.17, 15) is 4.79 Å². The summed E-state index contributed by atoms with van der Waals surface area (Å²) >= 11 is 0. The first kappa shape index (κ1) is 10.4. The molecule has 1 unspecified atom stereocenters. The standard InChI is InChI=1S/C9H14N4O/c1-3-7(2)9(14)13-12-5-8-4-10-6-11-8/h4-7H,3H2,1-2H3,(H,10,11)(H,13,14)/b12-5+. The molecule has 5 heteroatoms. The fourth-order valence-electron chi connectivity index (χ4n) is 0.798. The van der Waals surface area contributed by atoms with Gasteiger partial charge >= 0.3 is 0 Å². The second-order valence-electron chi connectivity index (χ2n) is 3.05. The third kappa shape index (κ3) is 3.01. The summed E-state index contributed by atoms with van der Waals surface area (Å²) in [5.74, 6) is -0.0721. The molecule has 2 N–H and O–H groups in total. The van der Waals surface area contributed by atoms with Gasteiger partial charge in [-0.25, -0.2) is 10.4 Å². The molecule has 1 heterocycles. The lowest BCUT2D eigenvalue weighted by molar-refractivity contribution is -0.124. The number of hydrazone groups is 1. The van der Waals surface area contributed by atoms with Gasteiger partial charge in [0.05, 0.1) is 24.4 Å². The first-order valence-electron chi connectivity index (χ1n) is 4.55. The van der Waals surface area contributed by atoms with Crippen LogP contribution in [0.1, 0.15) is 26.0 Å². The number of carbonyl (C=O) groups excluding carboxylic acids is 1. The largest absolute Gasteiger partial charge is 0.344 e. The number of carbonyl (C=O) groups is 1. The van der Waals surface area contributed by atoms with Crippen molar-refractivity contribution in [1.82, 2.24) is 15.4 Å². The van der Waals surface area contributed by atoms with Gasteiger partial charge in [0.2, 0.25) is 5.91 Å². The summed E-state index contributed by atoms with van der Waals surface area (Å²) in [6, 6.07) is 0. The van der Waals surface area contributed by atoms with E-state index in [0.717, 1.165) is 12.1 Å². The minimum atomic E-state index is -0.0664. The average Bonchev–Trinajstić information content (AvgIpc) is 2.69. The molecule has 0 aliphatic rings. The highest BCUT2D eigenvalue weighted by Crippen LogP contribution is 1.98. The molecule has 1 aromatic rings. The van der Waals surface area contributed by atoms with Crippen LogP contribution in [0, 0.1) is 5.92 Å². The van der Waals surface area contributed by atoms with Crippen LogP contribution in [0.5, 0.6) is 0 Å². The van der Waals surface area contributed by atoms with E-state index in [1.54, 1.807) is 12.5 Å². The summed E-state index contributed by atoms with van der Waals surface area (Å²) < 4.78 is 0. The lowest BCUT2D eigenvalue weighted by atomic mass is 10.1. The first-order chi connectivity index (χ1) is 6.74. The van der Waals surface area contributed by atoms with Gasteiger partial charge in [0.15, 0.2) is 0 Å². The molecule has 5 nitrogen and oxygen atoms in total.